The fraction of sp³-hybridized carbons (Fsp3) is 0.333. The third kappa shape index (κ3) is 5.71. The number of hydrogen-bond acceptors (Lipinski definition) is 4. The molecule has 2 aromatic carbocycles. The molecule has 4 nitrogen and oxygen atoms in total. The molecule has 0 aliphatic heterocycles. The van der Waals surface area contributed by atoms with Crippen LogP contribution in [0.15, 0.2) is 60.7 Å². The van der Waals surface area contributed by atoms with Crippen molar-refractivity contribution in [3.63, 3.8) is 0 Å². The van der Waals surface area contributed by atoms with Crippen LogP contribution in [0.3, 0.4) is 0 Å². The highest BCUT2D eigenvalue weighted by Crippen LogP contribution is 2.22. The Balaban J connectivity index is 2.24. The van der Waals surface area contributed by atoms with Crippen molar-refractivity contribution in [2.75, 3.05) is 13.2 Å². The Morgan fingerprint density at radius 3 is 1.39 bits per heavy atom. The molecule has 0 atom stereocenters. The van der Waals surface area contributed by atoms with Crippen LogP contribution in [-0.2, 0) is 8.85 Å². The van der Waals surface area contributed by atoms with Gasteiger partial charge in [-0.3, -0.25) is 0 Å². The highest BCUT2D eigenvalue weighted by Gasteiger charge is 2.51. The fourth-order valence-electron chi connectivity index (χ4n) is 1.90. The zero-order valence-electron chi connectivity index (χ0n) is 13.7. The third-order valence-electron chi connectivity index (χ3n) is 2.94. The molecule has 0 fully saturated rings. The molecule has 2 rings (SSSR count). The molecule has 23 heavy (non-hydrogen) atoms. The SMILES string of the molecule is CCCO[Si](OCCC)(Oc1ccccc1)Oc1ccccc1. The zero-order valence-corrected chi connectivity index (χ0v) is 14.7. The molecule has 0 bridgehead atoms. The van der Waals surface area contributed by atoms with Crippen LogP contribution < -0.4 is 8.85 Å². The molecule has 0 aromatic heterocycles. The minimum Gasteiger partial charge on any atom is -0.471 e. The first-order chi connectivity index (χ1) is 11.3. The van der Waals surface area contributed by atoms with Crippen molar-refractivity contribution >= 4 is 9.05 Å². The third-order valence-corrected chi connectivity index (χ3v) is 5.02. The van der Waals surface area contributed by atoms with Crippen LogP contribution in [0.5, 0.6) is 11.5 Å². The number of rotatable bonds is 10. The Kier molecular flexibility index (Phi) is 7.12. The van der Waals surface area contributed by atoms with Gasteiger partial charge in [-0.15, -0.1) is 0 Å². The van der Waals surface area contributed by atoms with Gasteiger partial charge in [-0.1, -0.05) is 50.2 Å². The highest BCUT2D eigenvalue weighted by atomic mass is 28.4. The van der Waals surface area contributed by atoms with Gasteiger partial charge >= 0.3 is 9.05 Å². The van der Waals surface area contributed by atoms with E-state index in [0.29, 0.717) is 24.7 Å². The standard InChI is InChI=1S/C18H24O4Si/c1-3-15-19-23(20-16-4-2,21-17-11-7-5-8-12-17)22-18-13-9-6-10-14-18/h5-14H,3-4,15-16H2,1-2H3. The first kappa shape index (κ1) is 17.5. The Labute approximate surface area is 139 Å². The van der Waals surface area contributed by atoms with Gasteiger partial charge in [0.2, 0.25) is 0 Å². The van der Waals surface area contributed by atoms with E-state index in [-0.39, 0.29) is 0 Å². The molecule has 2 aromatic rings. The summed E-state index contributed by atoms with van der Waals surface area (Å²) in [6.07, 6.45) is 1.72. The van der Waals surface area contributed by atoms with Crippen molar-refractivity contribution in [1.29, 1.82) is 0 Å². The van der Waals surface area contributed by atoms with Crippen molar-refractivity contribution in [2.24, 2.45) is 0 Å². The first-order valence-electron chi connectivity index (χ1n) is 8.04. The second-order valence-electron chi connectivity index (χ2n) is 5.03. The van der Waals surface area contributed by atoms with Crippen molar-refractivity contribution < 1.29 is 17.7 Å². The summed E-state index contributed by atoms with van der Waals surface area (Å²) in [5.41, 5.74) is 0. The molecule has 5 heteroatoms. The molecule has 0 spiro atoms. The highest BCUT2D eigenvalue weighted by molar-refractivity contribution is 6.55. The number of hydrogen-bond donors (Lipinski definition) is 0. The maximum absolute atomic E-state index is 6.08. The summed E-state index contributed by atoms with van der Waals surface area (Å²) in [6, 6.07) is 19.0. The van der Waals surface area contributed by atoms with Crippen molar-refractivity contribution in [2.45, 2.75) is 26.7 Å². The lowest BCUT2D eigenvalue weighted by Gasteiger charge is -2.28. The van der Waals surface area contributed by atoms with E-state index in [0.717, 1.165) is 12.8 Å². The van der Waals surface area contributed by atoms with Crippen LogP contribution in [0.2, 0.25) is 0 Å². The lowest BCUT2D eigenvalue weighted by Crippen LogP contribution is -2.55. The molecular weight excluding hydrogens is 308 g/mol. The summed E-state index contributed by atoms with van der Waals surface area (Å²) >= 11 is 0. The minimum atomic E-state index is -3.32. The predicted molar refractivity (Wildman–Crippen MR) is 92.4 cm³/mol. The van der Waals surface area contributed by atoms with Crippen molar-refractivity contribution in [3.8, 4) is 11.5 Å². The van der Waals surface area contributed by atoms with Crippen LogP contribution in [0, 0.1) is 0 Å². The van der Waals surface area contributed by atoms with Crippen LogP contribution in [0.1, 0.15) is 26.7 Å². The van der Waals surface area contributed by atoms with Crippen molar-refractivity contribution in [3.05, 3.63) is 60.7 Å². The van der Waals surface area contributed by atoms with E-state index in [1.807, 2.05) is 74.5 Å². The normalized spacial score (nSPS) is 11.2. The van der Waals surface area contributed by atoms with Gasteiger partial charge in [0, 0.05) is 13.2 Å². The summed E-state index contributed by atoms with van der Waals surface area (Å²) in [6.45, 7) is 5.14. The van der Waals surface area contributed by atoms with Gasteiger partial charge in [-0.25, -0.2) is 0 Å². The molecule has 0 aliphatic carbocycles. The largest absolute Gasteiger partial charge is 0.820 e. The summed E-state index contributed by atoms with van der Waals surface area (Å²) in [7, 11) is -3.32. The topological polar surface area (TPSA) is 36.9 Å². The molecule has 0 amide bonds. The monoisotopic (exact) mass is 332 g/mol. The predicted octanol–water partition coefficient (Wildman–Crippen LogP) is 4.43. The van der Waals surface area contributed by atoms with Crippen LogP contribution in [-0.4, -0.2) is 22.3 Å². The Morgan fingerprint density at radius 2 is 1.04 bits per heavy atom. The Bertz CT molecular complexity index is 496. The van der Waals surface area contributed by atoms with Crippen LogP contribution in [0.25, 0.3) is 0 Å². The van der Waals surface area contributed by atoms with E-state index in [1.54, 1.807) is 0 Å². The van der Waals surface area contributed by atoms with E-state index in [9.17, 15) is 0 Å². The molecule has 0 unspecified atom stereocenters. The second kappa shape index (κ2) is 9.35. The van der Waals surface area contributed by atoms with Crippen LogP contribution in [0.4, 0.5) is 0 Å². The molecule has 0 N–H and O–H groups in total. The van der Waals surface area contributed by atoms with Gasteiger partial charge in [0.1, 0.15) is 11.5 Å². The van der Waals surface area contributed by atoms with E-state index in [4.69, 9.17) is 17.7 Å². The molecule has 0 radical (unpaired) electrons. The van der Waals surface area contributed by atoms with Gasteiger partial charge in [0.05, 0.1) is 0 Å². The smallest absolute Gasteiger partial charge is 0.471 e. The van der Waals surface area contributed by atoms with Gasteiger partial charge < -0.3 is 17.7 Å². The quantitative estimate of drug-likeness (QED) is 0.603. The Hall–Kier alpha value is -1.82. The lowest BCUT2D eigenvalue weighted by atomic mass is 10.3. The fourth-order valence-corrected chi connectivity index (χ4v) is 4.02. The zero-order chi connectivity index (χ0) is 16.4. The van der Waals surface area contributed by atoms with Gasteiger partial charge in [-0.2, -0.15) is 0 Å². The second-order valence-corrected chi connectivity index (χ2v) is 7.01. The summed E-state index contributed by atoms with van der Waals surface area (Å²) in [5, 5.41) is 0. The number of para-hydroxylation sites is 2. The summed E-state index contributed by atoms with van der Waals surface area (Å²) in [5.74, 6) is 1.37. The van der Waals surface area contributed by atoms with Gasteiger partial charge in [0.15, 0.2) is 0 Å². The molecule has 0 saturated heterocycles. The molecular formula is C18H24O4Si. The number of benzene rings is 2. The van der Waals surface area contributed by atoms with Crippen molar-refractivity contribution in [1.82, 2.24) is 0 Å². The summed E-state index contributed by atoms with van der Waals surface area (Å²) in [4.78, 5) is 0. The maximum Gasteiger partial charge on any atom is 0.820 e. The lowest BCUT2D eigenvalue weighted by molar-refractivity contribution is 0.0412. The van der Waals surface area contributed by atoms with Gasteiger partial charge in [-0.05, 0) is 37.1 Å². The molecule has 0 saturated carbocycles. The molecule has 0 heterocycles. The van der Waals surface area contributed by atoms with E-state index < -0.39 is 9.05 Å². The average Bonchev–Trinajstić information content (AvgIpc) is 2.60. The van der Waals surface area contributed by atoms with Gasteiger partial charge in [0.25, 0.3) is 0 Å². The Morgan fingerprint density at radius 1 is 0.652 bits per heavy atom. The minimum absolute atomic E-state index is 0.523. The average molecular weight is 332 g/mol. The summed E-state index contributed by atoms with van der Waals surface area (Å²) < 4.78 is 24.1. The first-order valence-corrected chi connectivity index (χ1v) is 9.67. The van der Waals surface area contributed by atoms with E-state index in [2.05, 4.69) is 0 Å². The van der Waals surface area contributed by atoms with E-state index >= 15 is 0 Å². The van der Waals surface area contributed by atoms with E-state index in [1.165, 1.54) is 0 Å². The maximum atomic E-state index is 6.08. The molecule has 124 valence electrons. The van der Waals surface area contributed by atoms with Crippen LogP contribution >= 0.6 is 0 Å². The molecule has 0 aliphatic rings.